The molecule has 3 aliphatic rings. The van der Waals surface area contributed by atoms with Crippen LogP contribution in [-0.2, 0) is 4.79 Å². The fraction of sp³-hybridized carbons (Fsp3) is 0.667. The SMILES string of the molecule is O=C(CC1=CSC2=NCCN12)NC1CCCC1. The topological polar surface area (TPSA) is 44.7 Å². The smallest absolute Gasteiger partial charge is 0.226 e. The Hall–Kier alpha value is -0.970. The summed E-state index contributed by atoms with van der Waals surface area (Å²) in [6.45, 7) is 1.80. The Kier molecular flexibility index (Phi) is 3.09. The molecule has 0 aromatic carbocycles. The van der Waals surface area contributed by atoms with Crippen LogP contribution in [0.25, 0.3) is 0 Å². The van der Waals surface area contributed by atoms with E-state index in [4.69, 9.17) is 0 Å². The molecule has 0 spiro atoms. The lowest BCUT2D eigenvalue weighted by atomic mass is 10.2. The van der Waals surface area contributed by atoms with E-state index in [0.717, 1.165) is 36.8 Å². The van der Waals surface area contributed by atoms with Crippen LogP contribution in [0.5, 0.6) is 0 Å². The molecular formula is C12H17N3OS. The third kappa shape index (κ3) is 2.34. The van der Waals surface area contributed by atoms with Crippen molar-refractivity contribution in [2.75, 3.05) is 13.1 Å². The second-order valence-corrected chi connectivity index (χ2v) is 5.61. The Morgan fingerprint density at radius 2 is 2.35 bits per heavy atom. The highest BCUT2D eigenvalue weighted by Gasteiger charge is 2.28. The van der Waals surface area contributed by atoms with Gasteiger partial charge in [-0.25, -0.2) is 0 Å². The summed E-state index contributed by atoms with van der Waals surface area (Å²) in [7, 11) is 0. The number of nitrogens with zero attached hydrogens (tertiary/aromatic N) is 2. The number of carbonyl (C=O) groups excluding carboxylic acids is 1. The standard InChI is InChI=1S/C12H17N3OS/c16-11(14-9-3-1-2-4-9)7-10-8-17-12-13-5-6-15(10)12/h8-9H,1-7H2,(H,14,16). The molecule has 17 heavy (non-hydrogen) atoms. The number of amides is 1. The molecule has 1 saturated carbocycles. The van der Waals surface area contributed by atoms with Crippen molar-refractivity contribution in [3.05, 3.63) is 11.1 Å². The number of hydrogen-bond donors (Lipinski definition) is 1. The molecule has 1 fully saturated rings. The van der Waals surface area contributed by atoms with Crippen molar-refractivity contribution in [1.82, 2.24) is 10.2 Å². The molecule has 2 heterocycles. The zero-order chi connectivity index (χ0) is 11.7. The maximum absolute atomic E-state index is 11.9. The van der Waals surface area contributed by atoms with Gasteiger partial charge >= 0.3 is 0 Å². The van der Waals surface area contributed by atoms with Crippen molar-refractivity contribution >= 4 is 22.8 Å². The molecule has 0 bridgehead atoms. The number of nitrogens with one attached hydrogen (secondary N) is 1. The highest BCUT2D eigenvalue weighted by atomic mass is 32.2. The van der Waals surface area contributed by atoms with Gasteiger partial charge in [0.2, 0.25) is 5.91 Å². The molecular weight excluding hydrogens is 234 g/mol. The predicted molar refractivity (Wildman–Crippen MR) is 69.7 cm³/mol. The van der Waals surface area contributed by atoms with E-state index in [-0.39, 0.29) is 5.91 Å². The van der Waals surface area contributed by atoms with Crippen molar-refractivity contribution in [3.63, 3.8) is 0 Å². The molecule has 0 aromatic rings. The molecule has 3 rings (SSSR count). The first-order valence-electron chi connectivity index (χ1n) is 6.30. The van der Waals surface area contributed by atoms with Gasteiger partial charge in [-0.15, -0.1) is 0 Å². The number of rotatable bonds is 3. The largest absolute Gasteiger partial charge is 0.353 e. The summed E-state index contributed by atoms with van der Waals surface area (Å²) in [5.74, 6) is 0.164. The van der Waals surface area contributed by atoms with Gasteiger partial charge in [0, 0.05) is 18.3 Å². The summed E-state index contributed by atoms with van der Waals surface area (Å²) in [4.78, 5) is 18.5. The predicted octanol–water partition coefficient (Wildman–Crippen LogP) is 1.70. The van der Waals surface area contributed by atoms with Crippen LogP contribution in [0.4, 0.5) is 0 Å². The van der Waals surface area contributed by atoms with E-state index in [0.29, 0.717) is 12.5 Å². The Labute approximate surface area is 106 Å². The van der Waals surface area contributed by atoms with Gasteiger partial charge in [0.25, 0.3) is 0 Å². The van der Waals surface area contributed by atoms with Gasteiger partial charge in [-0.05, 0) is 18.2 Å². The van der Waals surface area contributed by atoms with Crippen LogP contribution >= 0.6 is 11.8 Å². The molecule has 1 N–H and O–H groups in total. The van der Waals surface area contributed by atoms with Crippen molar-refractivity contribution < 1.29 is 4.79 Å². The Bertz CT molecular complexity index is 385. The van der Waals surface area contributed by atoms with Crippen molar-refractivity contribution in [2.24, 2.45) is 4.99 Å². The van der Waals surface area contributed by atoms with E-state index in [1.165, 1.54) is 12.8 Å². The van der Waals surface area contributed by atoms with Gasteiger partial charge in [0.1, 0.15) is 0 Å². The maximum Gasteiger partial charge on any atom is 0.226 e. The number of aliphatic imine (C=N–C) groups is 1. The number of amidine groups is 1. The molecule has 92 valence electrons. The Morgan fingerprint density at radius 1 is 1.53 bits per heavy atom. The third-order valence-electron chi connectivity index (χ3n) is 3.51. The molecule has 0 atom stereocenters. The fourth-order valence-electron chi connectivity index (χ4n) is 2.63. The van der Waals surface area contributed by atoms with Crippen LogP contribution in [0.15, 0.2) is 16.1 Å². The molecule has 0 radical (unpaired) electrons. The minimum absolute atomic E-state index is 0.164. The van der Waals surface area contributed by atoms with Crippen LogP contribution in [0.3, 0.4) is 0 Å². The average Bonchev–Trinajstić information content (AvgIpc) is 2.97. The van der Waals surface area contributed by atoms with Crippen molar-refractivity contribution in [1.29, 1.82) is 0 Å². The summed E-state index contributed by atoms with van der Waals surface area (Å²) < 4.78 is 0. The van der Waals surface area contributed by atoms with Gasteiger partial charge < -0.3 is 10.2 Å². The number of carbonyl (C=O) groups is 1. The van der Waals surface area contributed by atoms with Gasteiger partial charge in [-0.2, -0.15) is 0 Å². The van der Waals surface area contributed by atoms with Gasteiger partial charge in [-0.1, -0.05) is 24.6 Å². The quantitative estimate of drug-likeness (QED) is 0.830. The summed E-state index contributed by atoms with van der Waals surface area (Å²) >= 11 is 1.64. The van der Waals surface area contributed by atoms with E-state index in [1.54, 1.807) is 11.8 Å². The summed E-state index contributed by atoms with van der Waals surface area (Å²) in [6.07, 6.45) is 5.31. The van der Waals surface area contributed by atoms with E-state index >= 15 is 0 Å². The minimum atomic E-state index is 0.164. The van der Waals surface area contributed by atoms with Crippen LogP contribution in [0.2, 0.25) is 0 Å². The molecule has 0 unspecified atom stereocenters. The highest BCUT2D eigenvalue weighted by Crippen LogP contribution is 2.30. The molecule has 0 aromatic heterocycles. The van der Waals surface area contributed by atoms with E-state index in [2.05, 4.69) is 20.6 Å². The van der Waals surface area contributed by atoms with E-state index < -0.39 is 0 Å². The first kappa shape index (κ1) is 11.1. The average molecular weight is 251 g/mol. The maximum atomic E-state index is 11.9. The minimum Gasteiger partial charge on any atom is -0.353 e. The Morgan fingerprint density at radius 3 is 3.18 bits per heavy atom. The van der Waals surface area contributed by atoms with Gasteiger partial charge in [0.15, 0.2) is 5.17 Å². The molecule has 1 amide bonds. The van der Waals surface area contributed by atoms with Crippen LogP contribution in [-0.4, -0.2) is 35.1 Å². The molecule has 2 aliphatic heterocycles. The van der Waals surface area contributed by atoms with Crippen LogP contribution < -0.4 is 5.32 Å². The second kappa shape index (κ2) is 4.72. The number of thioether (sulfide) groups is 1. The molecule has 0 saturated heterocycles. The van der Waals surface area contributed by atoms with Crippen LogP contribution in [0, 0.1) is 0 Å². The lowest BCUT2D eigenvalue weighted by molar-refractivity contribution is -0.121. The third-order valence-corrected chi connectivity index (χ3v) is 4.46. The van der Waals surface area contributed by atoms with Gasteiger partial charge in [0.05, 0.1) is 13.0 Å². The highest BCUT2D eigenvalue weighted by molar-refractivity contribution is 8.16. The van der Waals surface area contributed by atoms with Gasteiger partial charge in [-0.3, -0.25) is 9.79 Å². The summed E-state index contributed by atoms with van der Waals surface area (Å²) in [6, 6.07) is 0.420. The lowest BCUT2D eigenvalue weighted by Gasteiger charge is -2.17. The molecule has 1 aliphatic carbocycles. The zero-order valence-corrected chi connectivity index (χ0v) is 10.6. The Balaban J connectivity index is 1.53. The summed E-state index contributed by atoms with van der Waals surface area (Å²) in [5.41, 5.74) is 1.11. The second-order valence-electron chi connectivity index (χ2n) is 4.77. The van der Waals surface area contributed by atoms with Crippen LogP contribution in [0.1, 0.15) is 32.1 Å². The first-order valence-corrected chi connectivity index (χ1v) is 7.18. The molecule has 4 nitrogen and oxygen atoms in total. The van der Waals surface area contributed by atoms with Crippen molar-refractivity contribution in [2.45, 2.75) is 38.1 Å². The number of fused-ring (bicyclic) bond motifs is 1. The number of hydrogen-bond acceptors (Lipinski definition) is 4. The molecule has 5 heteroatoms. The van der Waals surface area contributed by atoms with Crippen molar-refractivity contribution in [3.8, 4) is 0 Å². The zero-order valence-electron chi connectivity index (χ0n) is 9.82. The lowest BCUT2D eigenvalue weighted by Crippen LogP contribution is -2.34. The normalized spacial score (nSPS) is 23.6. The monoisotopic (exact) mass is 251 g/mol. The fourth-order valence-corrected chi connectivity index (χ4v) is 3.58. The van der Waals surface area contributed by atoms with E-state index in [1.807, 2.05) is 0 Å². The first-order chi connectivity index (χ1) is 8.33. The van der Waals surface area contributed by atoms with E-state index in [9.17, 15) is 4.79 Å². The summed E-state index contributed by atoms with van der Waals surface area (Å²) in [5, 5.41) is 6.26.